The van der Waals surface area contributed by atoms with E-state index in [1.54, 1.807) is 24.3 Å². The minimum Gasteiger partial charge on any atom is -0.293 e. The standard InChI is InChI=1S/C12H12ClN3OS/c1-7(18-12-14-8(2)15-16-12)11(17)9-3-5-10(13)6-4-9/h3-7H,1-2H3,(H,14,15,16). The lowest BCUT2D eigenvalue weighted by Crippen LogP contribution is -2.13. The molecule has 4 nitrogen and oxygen atoms in total. The van der Waals surface area contributed by atoms with Gasteiger partial charge in [0.05, 0.1) is 5.25 Å². The number of aryl methyl sites for hydroxylation is 1. The number of rotatable bonds is 4. The summed E-state index contributed by atoms with van der Waals surface area (Å²) in [4.78, 5) is 16.3. The summed E-state index contributed by atoms with van der Waals surface area (Å²) in [6.45, 7) is 3.66. The van der Waals surface area contributed by atoms with Crippen molar-refractivity contribution >= 4 is 29.1 Å². The van der Waals surface area contributed by atoms with Gasteiger partial charge in [0.2, 0.25) is 5.16 Å². The van der Waals surface area contributed by atoms with Gasteiger partial charge in [-0.2, -0.15) is 0 Å². The molecule has 0 aliphatic rings. The maximum absolute atomic E-state index is 12.1. The van der Waals surface area contributed by atoms with Gasteiger partial charge in [-0.05, 0) is 38.1 Å². The molecule has 0 spiro atoms. The van der Waals surface area contributed by atoms with Crippen molar-refractivity contribution in [2.75, 3.05) is 0 Å². The summed E-state index contributed by atoms with van der Waals surface area (Å²) >= 11 is 7.12. The lowest BCUT2D eigenvalue weighted by atomic mass is 10.1. The van der Waals surface area contributed by atoms with Gasteiger partial charge < -0.3 is 0 Å². The van der Waals surface area contributed by atoms with Crippen LogP contribution >= 0.6 is 23.4 Å². The van der Waals surface area contributed by atoms with Crippen LogP contribution in [0.5, 0.6) is 0 Å². The van der Waals surface area contributed by atoms with Crippen LogP contribution < -0.4 is 0 Å². The van der Waals surface area contributed by atoms with Gasteiger partial charge in [-0.15, -0.1) is 5.10 Å². The molecule has 2 rings (SSSR count). The molecule has 1 aromatic heterocycles. The lowest BCUT2D eigenvalue weighted by Gasteiger charge is -2.07. The van der Waals surface area contributed by atoms with Crippen LogP contribution in [0.2, 0.25) is 5.02 Å². The van der Waals surface area contributed by atoms with E-state index in [-0.39, 0.29) is 11.0 Å². The third-order valence-electron chi connectivity index (χ3n) is 2.36. The molecule has 1 N–H and O–H groups in total. The van der Waals surface area contributed by atoms with E-state index in [0.717, 1.165) is 5.82 Å². The number of halogens is 1. The second-order valence-electron chi connectivity index (χ2n) is 3.83. The molecule has 0 saturated carbocycles. The van der Waals surface area contributed by atoms with Crippen molar-refractivity contribution in [3.8, 4) is 0 Å². The average molecular weight is 282 g/mol. The predicted molar refractivity (Wildman–Crippen MR) is 72.2 cm³/mol. The van der Waals surface area contributed by atoms with E-state index in [9.17, 15) is 4.79 Å². The number of hydrogen-bond acceptors (Lipinski definition) is 4. The highest BCUT2D eigenvalue weighted by Crippen LogP contribution is 2.22. The first-order valence-corrected chi connectivity index (χ1v) is 6.67. The highest BCUT2D eigenvalue weighted by molar-refractivity contribution is 8.00. The fraction of sp³-hybridized carbons (Fsp3) is 0.250. The summed E-state index contributed by atoms with van der Waals surface area (Å²) in [5.74, 6) is 0.780. The third-order valence-corrected chi connectivity index (χ3v) is 3.57. The number of aromatic nitrogens is 3. The highest BCUT2D eigenvalue weighted by atomic mass is 35.5. The van der Waals surface area contributed by atoms with E-state index in [4.69, 9.17) is 11.6 Å². The molecule has 0 fully saturated rings. The normalized spacial score (nSPS) is 12.4. The maximum atomic E-state index is 12.1. The number of thioether (sulfide) groups is 1. The van der Waals surface area contributed by atoms with Crippen molar-refractivity contribution < 1.29 is 4.79 Å². The van der Waals surface area contributed by atoms with Gasteiger partial charge in [-0.3, -0.25) is 9.89 Å². The van der Waals surface area contributed by atoms with Crippen LogP contribution in [0.4, 0.5) is 0 Å². The second kappa shape index (κ2) is 5.54. The molecule has 0 amide bonds. The molecule has 18 heavy (non-hydrogen) atoms. The van der Waals surface area contributed by atoms with Gasteiger partial charge >= 0.3 is 0 Å². The van der Waals surface area contributed by atoms with E-state index < -0.39 is 0 Å². The van der Waals surface area contributed by atoms with Crippen LogP contribution in [0, 0.1) is 6.92 Å². The molecule has 94 valence electrons. The van der Waals surface area contributed by atoms with Crippen molar-refractivity contribution in [3.05, 3.63) is 40.7 Å². The smallest absolute Gasteiger partial charge is 0.209 e. The fourth-order valence-corrected chi connectivity index (χ4v) is 2.41. The van der Waals surface area contributed by atoms with Gasteiger partial charge in [0.15, 0.2) is 5.78 Å². The van der Waals surface area contributed by atoms with Gasteiger partial charge in [-0.1, -0.05) is 23.4 Å². The molecular weight excluding hydrogens is 270 g/mol. The molecule has 0 bridgehead atoms. The SMILES string of the molecule is Cc1nc(SC(C)C(=O)c2ccc(Cl)cc2)n[nH]1. The molecule has 1 atom stereocenters. The van der Waals surface area contributed by atoms with Crippen LogP contribution in [-0.4, -0.2) is 26.2 Å². The van der Waals surface area contributed by atoms with Crippen LogP contribution in [0.3, 0.4) is 0 Å². The summed E-state index contributed by atoms with van der Waals surface area (Å²) in [6.07, 6.45) is 0. The molecule has 1 unspecified atom stereocenters. The number of Topliss-reactive ketones (excluding diaryl/α,β-unsaturated/α-hetero) is 1. The molecule has 0 aliphatic carbocycles. The van der Waals surface area contributed by atoms with Crippen molar-refractivity contribution in [1.29, 1.82) is 0 Å². The number of nitrogens with zero attached hydrogens (tertiary/aromatic N) is 2. The Morgan fingerprint density at radius 2 is 2.06 bits per heavy atom. The van der Waals surface area contributed by atoms with Crippen LogP contribution in [0.1, 0.15) is 23.1 Å². The average Bonchev–Trinajstić information content (AvgIpc) is 2.75. The third kappa shape index (κ3) is 3.11. The minimum atomic E-state index is -0.235. The first kappa shape index (κ1) is 13.1. The predicted octanol–water partition coefficient (Wildman–Crippen LogP) is 3.13. The number of H-pyrrole nitrogens is 1. The van der Waals surface area contributed by atoms with Crippen molar-refractivity contribution in [1.82, 2.24) is 15.2 Å². The largest absolute Gasteiger partial charge is 0.293 e. The monoisotopic (exact) mass is 281 g/mol. The van der Waals surface area contributed by atoms with Gasteiger partial charge in [0.25, 0.3) is 0 Å². The lowest BCUT2D eigenvalue weighted by molar-refractivity contribution is 0.0994. The van der Waals surface area contributed by atoms with Crippen molar-refractivity contribution in [2.45, 2.75) is 24.3 Å². The second-order valence-corrected chi connectivity index (χ2v) is 5.58. The topological polar surface area (TPSA) is 58.6 Å². The van der Waals surface area contributed by atoms with Crippen molar-refractivity contribution in [3.63, 3.8) is 0 Å². The maximum Gasteiger partial charge on any atom is 0.209 e. The molecule has 6 heteroatoms. The zero-order chi connectivity index (χ0) is 13.1. The molecule has 1 aromatic carbocycles. The molecule has 2 aromatic rings. The molecule has 0 saturated heterocycles. The zero-order valence-electron chi connectivity index (χ0n) is 9.98. The first-order chi connectivity index (χ1) is 8.56. The Morgan fingerprint density at radius 1 is 1.39 bits per heavy atom. The first-order valence-electron chi connectivity index (χ1n) is 5.41. The van der Waals surface area contributed by atoms with E-state index in [1.807, 2.05) is 13.8 Å². The van der Waals surface area contributed by atoms with E-state index >= 15 is 0 Å². The molecule has 0 radical (unpaired) electrons. The summed E-state index contributed by atoms with van der Waals surface area (Å²) in [5.41, 5.74) is 0.645. The minimum absolute atomic E-state index is 0.0409. The van der Waals surface area contributed by atoms with Crippen molar-refractivity contribution in [2.24, 2.45) is 0 Å². The van der Waals surface area contributed by atoms with Crippen LogP contribution in [0.15, 0.2) is 29.4 Å². The molecular formula is C12H12ClN3OS. The Kier molecular flexibility index (Phi) is 4.04. The van der Waals surface area contributed by atoms with Crippen LogP contribution in [0.25, 0.3) is 0 Å². The number of aromatic amines is 1. The fourth-order valence-electron chi connectivity index (χ4n) is 1.44. The summed E-state index contributed by atoms with van der Waals surface area (Å²) in [5, 5.41) is 7.72. The summed E-state index contributed by atoms with van der Waals surface area (Å²) in [7, 11) is 0. The number of carbonyl (C=O) groups excluding carboxylic acids is 1. The number of ketones is 1. The highest BCUT2D eigenvalue weighted by Gasteiger charge is 2.18. The van der Waals surface area contributed by atoms with E-state index in [1.165, 1.54) is 11.8 Å². The van der Waals surface area contributed by atoms with Gasteiger partial charge in [0, 0.05) is 10.6 Å². The summed E-state index contributed by atoms with van der Waals surface area (Å²) < 4.78 is 0. The van der Waals surface area contributed by atoms with Gasteiger partial charge in [0.1, 0.15) is 5.82 Å². The Balaban J connectivity index is 2.07. The van der Waals surface area contributed by atoms with Crippen LogP contribution in [-0.2, 0) is 0 Å². The quantitative estimate of drug-likeness (QED) is 0.691. The zero-order valence-corrected chi connectivity index (χ0v) is 11.5. The Morgan fingerprint density at radius 3 is 2.61 bits per heavy atom. The Bertz CT molecular complexity index is 553. The molecule has 0 aliphatic heterocycles. The summed E-state index contributed by atoms with van der Waals surface area (Å²) in [6, 6.07) is 6.88. The number of carbonyl (C=O) groups is 1. The number of hydrogen-bond donors (Lipinski definition) is 1. The van der Waals surface area contributed by atoms with E-state index in [0.29, 0.717) is 15.7 Å². The molecule has 1 heterocycles. The Hall–Kier alpha value is -1.33. The number of benzene rings is 1. The number of nitrogens with one attached hydrogen (secondary N) is 1. The van der Waals surface area contributed by atoms with Gasteiger partial charge in [-0.25, -0.2) is 4.98 Å². The Labute approximate surface area is 114 Å². The van der Waals surface area contributed by atoms with E-state index in [2.05, 4.69) is 15.2 Å².